The number of nitrogens with one attached hydrogen (secondary N) is 2. The van der Waals surface area contributed by atoms with E-state index in [1.54, 1.807) is 36.8 Å². The van der Waals surface area contributed by atoms with Crippen LogP contribution < -0.4 is 15.4 Å². The summed E-state index contributed by atoms with van der Waals surface area (Å²) >= 11 is 1.24. The molecule has 8 nitrogen and oxygen atoms in total. The Morgan fingerprint density at radius 2 is 1.74 bits per heavy atom. The fourth-order valence-corrected chi connectivity index (χ4v) is 4.09. The quantitative estimate of drug-likeness (QED) is 0.425. The number of anilines is 1. The fraction of sp³-hybridized carbons (Fsp3) is 0.308. The van der Waals surface area contributed by atoms with Crippen molar-refractivity contribution in [3.8, 4) is 5.75 Å². The highest BCUT2D eigenvalue weighted by Gasteiger charge is 2.22. The zero-order chi connectivity index (χ0) is 25.2. The molecule has 0 atom stereocenters. The molecule has 3 rings (SSSR count). The fourth-order valence-electron chi connectivity index (χ4n) is 3.37. The molecule has 1 aromatic heterocycles. The Hall–Kier alpha value is -3.72. The van der Waals surface area contributed by atoms with Crippen LogP contribution >= 0.6 is 11.3 Å². The summed E-state index contributed by atoms with van der Waals surface area (Å²) in [5, 5.41) is 7.76. The number of carbonyl (C=O) groups excluding carboxylic acids is 3. The van der Waals surface area contributed by atoms with Crippen LogP contribution in [0.4, 0.5) is 5.13 Å². The number of hydrogen-bond acceptors (Lipinski definition) is 6. The lowest BCUT2D eigenvalue weighted by molar-refractivity contribution is -0.120. The summed E-state index contributed by atoms with van der Waals surface area (Å²) in [5.74, 6) is -0.0707. The summed E-state index contributed by atoms with van der Waals surface area (Å²) in [7, 11) is 1.56. The van der Waals surface area contributed by atoms with Crippen molar-refractivity contribution in [1.82, 2.24) is 15.2 Å². The molecule has 0 aliphatic heterocycles. The summed E-state index contributed by atoms with van der Waals surface area (Å²) in [4.78, 5) is 43.6. The number of methoxy groups -OCH3 is 1. The van der Waals surface area contributed by atoms with E-state index in [1.807, 2.05) is 44.2 Å². The molecular weight excluding hydrogens is 464 g/mol. The normalized spacial score (nSPS) is 10.6. The minimum Gasteiger partial charge on any atom is -0.497 e. The van der Waals surface area contributed by atoms with Crippen molar-refractivity contribution in [2.24, 2.45) is 0 Å². The number of nitrogens with zero attached hydrogens (tertiary/aromatic N) is 2. The van der Waals surface area contributed by atoms with Crippen molar-refractivity contribution in [1.29, 1.82) is 0 Å². The van der Waals surface area contributed by atoms with Gasteiger partial charge in [-0.25, -0.2) is 4.98 Å². The molecular formula is C26H30N4O4S. The van der Waals surface area contributed by atoms with Crippen LogP contribution in [0, 0.1) is 0 Å². The van der Waals surface area contributed by atoms with Crippen LogP contribution in [0.25, 0.3) is 0 Å². The number of benzene rings is 2. The highest BCUT2D eigenvalue weighted by molar-refractivity contribution is 7.13. The predicted octanol–water partition coefficient (Wildman–Crippen LogP) is 3.54. The molecule has 0 aliphatic carbocycles. The van der Waals surface area contributed by atoms with Gasteiger partial charge >= 0.3 is 0 Å². The van der Waals surface area contributed by atoms with E-state index >= 15 is 0 Å². The van der Waals surface area contributed by atoms with Crippen LogP contribution in [-0.2, 0) is 22.4 Å². The van der Waals surface area contributed by atoms with Gasteiger partial charge in [0.05, 0.1) is 19.2 Å². The number of amides is 3. The zero-order valence-electron chi connectivity index (χ0n) is 20.1. The molecule has 35 heavy (non-hydrogen) atoms. The highest BCUT2D eigenvalue weighted by atomic mass is 32.1. The van der Waals surface area contributed by atoms with Crippen molar-refractivity contribution < 1.29 is 19.1 Å². The minimum atomic E-state index is -0.353. The van der Waals surface area contributed by atoms with Crippen LogP contribution in [-0.4, -0.2) is 53.8 Å². The van der Waals surface area contributed by atoms with Crippen molar-refractivity contribution >= 4 is 34.2 Å². The van der Waals surface area contributed by atoms with Crippen LogP contribution in [0.2, 0.25) is 0 Å². The summed E-state index contributed by atoms with van der Waals surface area (Å²) in [6, 6.07) is 16.5. The van der Waals surface area contributed by atoms with Crippen molar-refractivity contribution in [2.75, 3.05) is 25.5 Å². The van der Waals surface area contributed by atoms with E-state index in [0.29, 0.717) is 28.7 Å². The Balaban J connectivity index is 1.49. The number of thiazole rings is 1. The van der Waals surface area contributed by atoms with Crippen molar-refractivity contribution in [2.45, 2.75) is 32.7 Å². The second kappa shape index (κ2) is 12.7. The van der Waals surface area contributed by atoms with Gasteiger partial charge in [-0.1, -0.05) is 30.3 Å². The largest absolute Gasteiger partial charge is 0.497 e. The molecule has 0 saturated heterocycles. The molecule has 0 saturated carbocycles. The molecule has 2 aromatic carbocycles. The van der Waals surface area contributed by atoms with Gasteiger partial charge in [0.2, 0.25) is 11.8 Å². The predicted molar refractivity (Wildman–Crippen MR) is 137 cm³/mol. The first-order chi connectivity index (χ1) is 16.9. The van der Waals surface area contributed by atoms with Gasteiger partial charge in [0.25, 0.3) is 5.91 Å². The molecule has 0 spiro atoms. The first kappa shape index (κ1) is 25.9. The molecule has 0 aliphatic rings. The Morgan fingerprint density at radius 1 is 1.03 bits per heavy atom. The Labute approximate surface area is 209 Å². The Kier molecular flexibility index (Phi) is 9.37. The molecule has 0 unspecified atom stereocenters. The lowest BCUT2D eigenvalue weighted by Gasteiger charge is -2.26. The number of ether oxygens (including phenoxy) is 1. The maximum absolute atomic E-state index is 12.9. The van der Waals surface area contributed by atoms with E-state index in [-0.39, 0.29) is 36.7 Å². The van der Waals surface area contributed by atoms with E-state index in [2.05, 4.69) is 15.6 Å². The third kappa shape index (κ3) is 7.92. The second-order valence-electron chi connectivity index (χ2n) is 8.21. The summed E-state index contributed by atoms with van der Waals surface area (Å²) in [6.45, 7) is 4.14. The van der Waals surface area contributed by atoms with Crippen LogP contribution in [0.15, 0.2) is 60.0 Å². The van der Waals surface area contributed by atoms with Crippen molar-refractivity contribution in [3.63, 3.8) is 0 Å². The van der Waals surface area contributed by atoms with Crippen molar-refractivity contribution in [3.05, 3.63) is 76.8 Å². The van der Waals surface area contributed by atoms with Gasteiger partial charge < -0.3 is 20.3 Å². The molecule has 3 amide bonds. The minimum absolute atomic E-state index is 0.114. The van der Waals surface area contributed by atoms with Crippen LogP contribution in [0.5, 0.6) is 5.75 Å². The molecule has 3 aromatic rings. The molecule has 0 bridgehead atoms. The van der Waals surface area contributed by atoms with Gasteiger partial charge in [0, 0.05) is 23.5 Å². The Morgan fingerprint density at radius 3 is 2.40 bits per heavy atom. The van der Waals surface area contributed by atoms with Gasteiger partial charge in [-0.3, -0.25) is 14.4 Å². The summed E-state index contributed by atoms with van der Waals surface area (Å²) < 4.78 is 5.13. The topological polar surface area (TPSA) is 101 Å². The maximum Gasteiger partial charge on any atom is 0.254 e. The first-order valence-electron chi connectivity index (χ1n) is 11.4. The standard InChI is InChI=1S/C26H30N4O4S/c1-18(2)30(25(33)20-9-11-22(34-3)12-10-20)16-24(32)29-26-28-21(17-35-26)15-23(31)27-14-13-19-7-5-4-6-8-19/h4-12,17-18H,13-16H2,1-3H3,(H,27,31)(H,28,29,32). The van der Waals surface area contributed by atoms with Gasteiger partial charge in [-0.15, -0.1) is 11.3 Å². The molecule has 2 N–H and O–H groups in total. The molecule has 9 heteroatoms. The lowest BCUT2D eigenvalue weighted by Crippen LogP contribution is -2.42. The summed E-state index contributed by atoms with van der Waals surface area (Å²) in [6.07, 6.45) is 0.891. The van der Waals surface area contributed by atoms with Crippen LogP contribution in [0.1, 0.15) is 35.5 Å². The number of aromatic nitrogens is 1. The van der Waals surface area contributed by atoms with E-state index < -0.39 is 0 Å². The van der Waals surface area contributed by atoms with E-state index in [1.165, 1.54) is 16.2 Å². The molecule has 1 heterocycles. The van der Waals surface area contributed by atoms with Gasteiger partial charge in [-0.05, 0) is 50.1 Å². The molecule has 184 valence electrons. The third-order valence-electron chi connectivity index (χ3n) is 5.25. The Bertz CT molecular complexity index is 1130. The maximum atomic E-state index is 12.9. The molecule has 0 radical (unpaired) electrons. The zero-order valence-corrected chi connectivity index (χ0v) is 20.9. The SMILES string of the molecule is COc1ccc(C(=O)N(CC(=O)Nc2nc(CC(=O)NCCc3ccccc3)cs2)C(C)C)cc1. The van der Waals surface area contributed by atoms with Crippen LogP contribution in [0.3, 0.4) is 0 Å². The lowest BCUT2D eigenvalue weighted by atomic mass is 10.1. The summed E-state index contributed by atoms with van der Waals surface area (Å²) in [5.41, 5.74) is 2.21. The first-order valence-corrected chi connectivity index (χ1v) is 12.2. The van der Waals surface area contributed by atoms with E-state index in [0.717, 1.165) is 12.0 Å². The average Bonchev–Trinajstić information content (AvgIpc) is 3.29. The number of rotatable bonds is 11. The van der Waals surface area contributed by atoms with Gasteiger partial charge in [0.15, 0.2) is 5.13 Å². The van der Waals surface area contributed by atoms with Gasteiger partial charge in [-0.2, -0.15) is 0 Å². The van der Waals surface area contributed by atoms with E-state index in [4.69, 9.17) is 4.74 Å². The van der Waals surface area contributed by atoms with Gasteiger partial charge in [0.1, 0.15) is 12.3 Å². The number of hydrogen-bond donors (Lipinski definition) is 2. The number of carbonyl (C=O) groups is 3. The monoisotopic (exact) mass is 494 g/mol. The molecule has 0 fully saturated rings. The van der Waals surface area contributed by atoms with E-state index in [9.17, 15) is 14.4 Å². The smallest absolute Gasteiger partial charge is 0.254 e. The average molecular weight is 495 g/mol. The second-order valence-corrected chi connectivity index (χ2v) is 9.07. The highest BCUT2D eigenvalue weighted by Crippen LogP contribution is 2.17. The third-order valence-corrected chi connectivity index (χ3v) is 6.06.